The summed E-state index contributed by atoms with van der Waals surface area (Å²) in [5, 5.41) is 15.7. The summed E-state index contributed by atoms with van der Waals surface area (Å²) in [6, 6.07) is 12.3. The molecule has 3 aromatic heterocycles. The molecule has 3 heterocycles. The van der Waals surface area contributed by atoms with Gasteiger partial charge in [0.1, 0.15) is 17.8 Å². The van der Waals surface area contributed by atoms with E-state index in [1.807, 2.05) is 42.7 Å². The summed E-state index contributed by atoms with van der Waals surface area (Å²) in [5.74, 6) is 1.32. The van der Waals surface area contributed by atoms with Crippen LogP contribution < -0.4 is 11.1 Å². The number of aromatic nitrogens is 6. The van der Waals surface area contributed by atoms with Gasteiger partial charge in [0, 0.05) is 11.4 Å². The fourth-order valence-electron chi connectivity index (χ4n) is 2.84. The quantitative estimate of drug-likeness (QED) is 0.579. The second-order valence-electron chi connectivity index (χ2n) is 6.31. The maximum Gasteiger partial charge on any atom is 0.348 e. The monoisotopic (exact) mass is 362 g/mol. The normalized spacial score (nSPS) is 11.2. The lowest BCUT2D eigenvalue weighted by Gasteiger charge is -2.10. The Bertz CT molecular complexity index is 1130. The zero-order valence-corrected chi connectivity index (χ0v) is 14.9. The number of nitrogens with one attached hydrogen (secondary N) is 1. The van der Waals surface area contributed by atoms with Crippen LogP contribution in [0.1, 0.15) is 19.9 Å². The van der Waals surface area contributed by atoms with Crippen molar-refractivity contribution in [3.63, 3.8) is 0 Å². The number of anilines is 2. The molecular weight excluding hydrogens is 344 g/mol. The number of amides is 1. The van der Waals surface area contributed by atoms with E-state index in [2.05, 4.69) is 25.6 Å². The molecule has 0 saturated carbocycles. The molecule has 3 N–H and O–H groups in total. The lowest BCUT2D eigenvalue weighted by molar-refractivity contribution is 0.252. The van der Waals surface area contributed by atoms with Crippen LogP contribution in [0.3, 0.4) is 0 Å². The van der Waals surface area contributed by atoms with E-state index < -0.39 is 6.03 Å². The first-order valence-electron chi connectivity index (χ1n) is 8.46. The number of nitrogen functional groups attached to an aromatic ring is 1. The van der Waals surface area contributed by atoms with Crippen LogP contribution >= 0.6 is 0 Å². The number of fused-ring (bicyclic) bond motifs is 1. The molecule has 4 aromatic rings. The predicted octanol–water partition coefficient (Wildman–Crippen LogP) is 2.93. The topological polar surface area (TPSA) is 117 Å². The van der Waals surface area contributed by atoms with Crippen LogP contribution in [0.5, 0.6) is 0 Å². The fourth-order valence-corrected chi connectivity index (χ4v) is 2.84. The van der Waals surface area contributed by atoms with E-state index >= 15 is 0 Å². The largest absolute Gasteiger partial charge is 0.382 e. The maximum atomic E-state index is 12.7. The van der Waals surface area contributed by atoms with Crippen molar-refractivity contribution in [2.75, 3.05) is 11.1 Å². The molecule has 0 aliphatic heterocycles. The lowest BCUT2D eigenvalue weighted by Crippen LogP contribution is -2.21. The third kappa shape index (κ3) is 2.99. The summed E-state index contributed by atoms with van der Waals surface area (Å²) in [6.45, 7) is 4.07. The van der Waals surface area contributed by atoms with E-state index in [0.29, 0.717) is 28.7 Å². The minimum Gasteiger partial charge on any atom is -0.382 e. The highest BCUT2D eigenvalue weighted by molar-refractivity contribution is 6.00. The average Bonchev–Trinajstić information content (AvgIpc) is 3.28. The predicted molar refractivity (Wildman–Crippen MR) is 102 cm³/mol. The van der Waals surface area contributed by atoms with Gasteiger partial charge in [0.05, 0.1) is 5.52 Å². The van der Waals surface area contributed by atoms with Gasteiger partial charge in [-0.25, -0.2) is 9.78 Å². The first kappa shape index (κ1) is 16.7. The number of carbonyl (C=O) groups is 1. The molecule has 0 aliphatic carbocycles. The average molecular weight is 362 g/mol. The molecule has 0 bridgehead atoms. The Morgan fingerprint density at radius 3 is 2.78 bits per heavy atom. The number of benzene rings is 1. The molecule has 0 aliphatic rings. The minimum absolute atomic E-state index is 0.188. The third-order valence-corrected chi connectivity index (χ3v) is 4.15. The van der Waals surface area contributed by atoms with Crippen LogP contribution in [0, 0.1) is 0 Å². The molecule has 0 fully saturated rings. The maximum absolute atomic E-state index is 12.7. The number of carbonyl (C=O) groups excluding carboxylic acids is 1. The van der Waals surface area contributed by atoms with Crippen LogP contribution in [0.25, 0.3) is 22.4 Å². The smallest absolute Gasteiger partial charge is 0.348 e. The Balaban J connectivity index is 1.65. The van der Waals surface area contributed by atoms with Crippen molar-refractivity contribution in [2.24, 2.45) is 0 Å². The van der Waals surface area contributed by atoms with Crippen LogP contribution in [-0.2, 0) is 0 Å². The van der Waals surface area contributed by atoms with Gasteiger partial charge in [0.15, 0.2) is 11.6 Å². The zero-order chi connectivity index (χ0) is 19.0. The highest BCUT2D eigenvalue weighted by Crippen LogP contribution is 2.22. The van der Waals surface area contributed by atoms with Crippen molar-refractivity contribution in [1.29, 1.82) is 0 Å². The molecule has 0 saturated heterocycles. The van der Waals surface area contributed by atoms with Gasteiger partial charge >= 0.3 is 6.03 Å². The molecule has 27 heavy (non-hydrogen) atoms. The molecule has 136 valence electrons. The van der Waals surface area contributed by atoms with Crippen molar-refractivity contribution >= 4 is 28.6 Å². The first-order chi connectivity index (χ1) is 13.0. The zero-order valence-electron chi connectivity index (χ0n) is 14.9. The molecular formula is C18H18N8O. The standard InChI is InChI=1S/C18H18N8O/c1-11(2)25-10-20-23-17(25)13-7-5-9-15(21-13)22-18(27)26-14-8-4-3-6-12(14)16(19)24-26/h3-11H,1-2H3,(H2,19,24)(H,21,22,27). The molecule has 0 radical (unpaired) electrons. The Morgan fingerprint density at radius 2 is 1.96 bits per heavy atom. The summed E-state index contributed by atoms with van der Waals surface area (Å²) < 4.78 is 3.14. The SMILES string of the molecule is CC(C)n1cnnc1-c1cccc(NC(=O)n2nc(N)c3ccccc32)n1. The van der Waals surface area contributed by atoms with Gasteiger partial charge in [0.25, 0.3) is 0 Å². The van der Waals surface area contributed by atoms with Crippen LogP contribution in [0.4, 0.5) is 16.4 Å². The summed E-state index contributed by atoms with van der Waals surface area (Å²) in [6.07, 6.45) is 1.66. The number of rotatable bonds is 3. The fraction of sp³-hybridized carbons (Fsp3) is 0.167. The summed E-state index contributed by atoms with van der Waals surface area (Å²) in [5.41, 5.74) is 7.14. The van der Waals surface area contributed by atoms with Crippen LogP contribution in [0.15, 0.2) is 48.8 Å². The number of hydrogen-bond donors (Lipinski definition) is 2. The molecule has 1 aromatic carbocycles. The molecule has 9 nitrogen and oxygen atoms in total. The Kier molecular flexibility index (Phi) is 4.03. The first-order valence-corrected chi connectivity index (χ1v) is 8.46. The number of hydrogen-bond acceptors (Lipinski definition) is 6. The van der Waals surface area contributed by atoms with E-state index in [1.54, 1.807) is 24.5 Å². The number of nitrogens with zero attached hydrogens (tertiary/aromatic N) is 6. The van der Waals surface area contributed by atoms with Gasteiger partial charge in [-0.1, -0.05) is 18.2 Å². The van der Waals surface area contributed by atoms with Crippen molar-refractivity contribution in [3.8, 4) is 11.5 Å². The third-order valence-electron chi connectivity index (χ3n) is 4.15. The summed E-state index contributed by atoms with van der Waals surface area (Å²) in [7, 11) is 0. The summed E-state index contributed by atoms with van der Waals surface area (Å²) in [4.78, 5) is 17.2. The molecule has 4 rings (SSSR count). The molecule has 0 unspecified atom stereocenters. The highest BCUT2D eigenvalue weighted by Gasteiger charge is 2.16. The van der Waals surface area contributed by atoms with Gasteiger partial charge in [-0.05, 0) is 38.1 Å². The Morgan fingerprint density at radius 1 is 1.15 bits per heavy atom. The van der Waals surface area contributed by atoms with Gasteiger partial charge < -0.3 is 10.3 Å². The Hall–Kier alpha value is -3.75. The van der Waals surface area contributed by atoms with Crippen LogP contribution in [0.2, 0.25) is 0 Å². The van der Waals surface area contributed by atoms with Gasteiger partial charge in [-0.2, -0.15) is 4.68 Å². The second-order valence-corrected chi connectivity index (χ2v) is 6.31. The lowest BCUT2D eigenvalue weighted by atomic mass is 10.2. The van der Waals surface area contributed by atoms with Crippen LogP contribution in [-0.4, -0.2) is 35.6 Å². The highest BCUT2D eigenvalue weighted by atomic mass is 16.2. The van der Waals surface area contributed by atoms with Crippen molar-refractivity contribution in [2.45, 2.75) is 19.9 Å². The van der Waals surface area contributed by atoms with E-state index in [-0.39, 0.29) is 6.04 Å². The minimum atomic E-state index is -0.446. The van der Waals surface area contributed by atoms with Gasteiger partial charge in [0.2, 0.25) is 0 Å². The number of nitrogens with two attached hydrogens (primary N) is 1. The van der Waals surface area contributed by atoms with Crippen molar-refractivity contribution in [1.82, 2.24) is 29.5 Å². The number of para-hydroxylation sites is 1. The van der Waals surface area contributed by atoms with Crippen molar-refractivity contribution in [3.05, 3.63) is 48.8 Å². The second kappa shape index (κ2) is 6.52. The Labute approximate surface area is 154 Å². The van der Waals surface area contributed by atoms with Gasteiger partial charge in [-0.3, -0.25) is 5.32 Å². The van der Waals surface area contributed by atoms with Gasteiger partial charge in [-0.15, -0.1) is 15.3 Å². The molecule has 0 atom stereocenters. The van der Waals surface area contributed by atoms with E-state index in [9.17, 15) is 4.79 Å². The van der Waals surface area contributed by atoms with Crippen molar-refractivity contribution < 1.29 is 4.79 Å². The number of pyridine rings is 1. The molecule has 1 amide bonds. The summed E-state index contributed by atoms with van der Waals surface area (Å²) >= 11 is 0. The van der Waals surface area contributed by atoms with E-state index in [0.717, 1.165) is 5.39 Å². The van der Waals surface area contributed by atoms with E-state index in [1.165, 1.54) is 4.68 Å². The molecule has 9 heteroatoms. The molecule has 0 spiro atoms. The van der Waals surface area contributed by atoms with E-state index in [4.69, 9.17) is 5.73 Å².